The number of nitrogens with one attached hydrogen (secondary N) is 2. The summed E-state index contributed by atoms with van der Waals surface area (Å²) in [5.74, 6) is 1.14. The largest absolute Gasteiger partial charge is 0.365 e. The van der Waals surface area contributed by atoms with Crippen molar-refractivity contribution in [2.45, 2.75) is 13.5 Å². The minimum absolute atomic E-state index is 0.195. The van der Waals surface area contributed by atoms with E-state index < -0.39 is 5.91 Å². The molecule has 23 heavy (non-hydrogen) atoms. The minimum atomic E-state index is -0.397. The maximum absolute atomic E-state index is 12.0. The van der Waals surface area contributed by atoms with E-state index in [0.29, 0.717) is 23.9 Å². The molecule has 0 aliphatic rings. The van der Waals surface area contributed by atoms with E-state index in [1.165, 1.54) is 12.4 Å². The van der Waals surface area contributed by atoms with Gasteiger partial charge < -0.3 is 15.2 Å². The quantitative estimate of drug-likeness (QED) is 0.742. The number of anilines is 2. The van der Waals surface area contributed by atoms with E-state index in [4.69, 9.17) is 4.52 Å². The minimum Gasteiger partial charge on any atom is -0.365 e. The summed E-state index contributed by atoms with van der Waals surface area (Å²) < 4.78 is 4.88. The molecule has 0 fully saturated rings. The number of carbonyl (C=O) groups excluding carboxylic acids is 1. The Bertz CT molecular complexity index is 785. The molecule has 8 nitrogen and oxygen atoms in total. The average Bonchev–Trinajstić information content (AvgIpc) is 2.99. The van der Waals surface area contributed by atoms with Crippen molar-refractivity contribution in [2.24, 2.45) is 0 Å². The Labute approximate surface area is 132 Å². The predicted molar refractivity (Wildman–Crippen MR) is 82.8 cm³/mol. The lowest BCUT2D eigenvalue weighted by Crippen LogP contribution is -2.14. The lowest BCUT2D eigenvalue weighted by molar-refractivity contribution is 0.102. The zero-order chi connectivity index (χ0) is 16.1. The second-order valence-electron chi connectivity index (χ2n) is 4.77. The van der Waals surface area contributed by atoms with Gasteiger partial charge in [-0.3, -0.25) is 9.78 Å². The Morgan fingerprint density at radius 3 is 2.65 bits per heavy atom. The number of amides is 1. The monoisotopic (exact) mass is 310 g/mol. The van der Waals surface area contributed by atoms with Crippen LogP contribution in [-0.2, 0) is 6.54 Å². The summed E-state index contributed by atoms with van der Waals surface area (Å²) in [4.78, 5) is 24.2. The van der Waals surface area contributed by atoms with E-state index in [0.717, 1.165) is 5.56 Å². The molecule has 0 aromatic carbocycles. The summed E-state index contributed by atoms with van der Waals surface area (Å²) in [5.41, 5.74) is 1.27. The van der Waals surface area contributed by atoms with Gasteiger partial charge in [-0.05, 0) is 24.6 Å². The van der Waals surface area contributed by atoms with Crippen LogP contribution in [0.5, 0.6) is 0 Å². The molecular formula is C15H14N6O2. The smallest absolute Gasteiger partial charge is 0.277 e. The third-order valence-electron chi connectivity index (χ3n) is 2.98. The number of carbonyl (C=O) groups is 1. The summed E-state index contributed by atoms with van der Waals surface area (Å²) >= 11 is 0. The second-order valence-corrected chi connectivity index (χ2v) is 4.77. The van der Waals surface area contributed by atoms with Crippen molar-refractivity contribution in [3.05, 3.63) is 60.0 Å². The normalized spacial score (nSPS) is 10.3. The van der Waals surface area contributed by atoms with E-state index in [-0.39, 0.29) is 5.69 Å². The summed E-state index contributed by atoms with van der Waals surface area (Å²) in [6.07, 6.45) is 6.35. The fourth-order valence-electron chi connectivity index (χ4n) is 1.84. The molecule has 0 aliphatic carbocycles. The molecule has 0 saturated heterocycles. The molecule has 0 saturated carbocycles. The molecule has 0 bridgehead atoms. The van der Waals surface area contributed by atoms with Crippen molar-refractivity contribution in [3.8, 4) is 0 Å². The molecule has 3 heterocycles. The first-order valence-electron chi connectivity index (χ1n) is 6.90. The Kier molecular flexibility index (Phi) is 4.23. The SMILES string of the molecule is Cc1cc(NC(=O)c2cnc(NCc3ccncc3)cn2)no1. The second kappa shape index (κ2) is 6.65. The van der Waals surface area contributed by atoms with E-state index in [9.17, 15) is 4.79 Å². The molecule has 3 rings (SSSR count). The Morgan fingerprint density at radius 2 is 2.00 bits per heavy atom. The molecule has 2 N–H and O–H groups in total. The zero-order valence-electron chi connectivity index (χ0n) is 12.4. The van der Waals surface area contributed by atoms with Crippen molar-refractivity contribution < 1.29 is 9.32 Å². The van der Waals surface area contributed by atoms with Crippen LogP contribution in [0.15, 0.2) is 47.5 Å². The number of rotatable bonds is 5. The fraction of sp³-hybridized carbons (Fsp3) is 0.133. The summed E-state index contributed by atoms with van der Waals surface area (Å²) in [7, 11) is 0. The molecule has 0 unspecified atom stereocenters. The molecule has 0 atom stereocenters. The third-order valence-corrected chi connectivity index (χ3v) is 2.98. The first-order chi connectivity index (χ1) is 11.2. The number of nitrogens with zero attached hydrogens (tertiary/aromatic N) is 4. The van der Waals surface area contributed by atoms with Gasteiger partial charge in [0.2, 0.25) is 0 Å². The van der Waals surface area contributed by atoms with Crippen molar-refractivity contribution >= 4 is 17.5 Å². The Balaban J connectivity index is 1.59. The number of aryl methyl sites for hydroxylation is 1. The number of pyridine rings is 1. The van der Waals surface area contributed by atoms with Gasteiger partial charge >= 0.3 is 0 Å². The third kappa shape index (κ3) is 3.88. The fourth-order valence-corrected chi connectivity index (χ4v) is 1.84. The highest BCUT2D eigenvalue weighted by Gasteiger charge is 2.10. The first kappa shape index (κ1) is 14.6. The van der Waals surface area contributed by atoms with Crippen LogP contribution in [-0.4, -0.2) is 26.0 Å². The maximum Gasteiger partial charge on any atom is 0.277 e. The van der Waals surface area contributed by atoms with E-state index >= 15 is 0 Å². The van der Waals surface area contributed by atoms with E-state index in [1.807, 2.05) is 12.1 Å². The molecule has 116 valence electrons. The summed E-state index contributed by atoms with van der Waals surface area (Å²) in [5, 5.41) is 9.39. The standard InChI is InChI=1S/C15H14N6O2/c1-10-6-13(21-23-10)20-15(22)12-8-19-14(9-17-12)18-7-11-2-4-16-5-3-11/h2-6,8-9H,7H2,1H3,(H,18,19)(H,20,21,22). The van der Waals surface area contributed by atoms with Crippen molar-refractivity contribution in [3.63, 3.8) is 0 Å². The van der Waals surface area contributed by atoms with E-state index in [1.54, 1.807) is 25.4 Å². The number of hydrogen-bond donors (Lipinski definition) is 2. The highest BCUT2D eigenvalue weighted by atomic mass is 16.5. The Morgan fingerprint density at radius 1 is 1.17 bits per heavy atom. The predicted octanol–water partition coefficient (Wildman–Crippen LogP) is 2.03. The average molecular weight is 310 g/mol. The van der Waals surface area contributed by atoms with Crippen LogP contribution in [0.25, 0.3) is 0 Å². The number of aromatic nitrogens is 4. The van der Waals surface area contributed by atoms with Crippen LogP contribution in [0.3, 0.4) is 0 Å². The van der Waals surface area contributed by atoms with Crippen LogP contribution in [0.4, 0.5) is 11.6 Å². The van der Waals surface area contributed by atoms with Crippen molar-refractivity contribution in [1.82, 2.24) is 20.1 Å². The lowest BCUT2D eigenvalue weighted by Gasteiger charge is -2.05. The summed E-state index contributed by atoms with van der Waals surface area (Å²) in [6.45, 7) is 2.34. The summed E-state index contributed by atoms with van der Waals surface area (Å²) in [6, 6.07) is 5.43. The molecule has 8 heteroatoms. The zero-order valence-corrected chi connectivity index (χ0v) is 12.4. The molecule has 0 aliphatic heterocycles. The number of hydrogen-bond acceptors (Lipinski definition) is 7. The van der Waals surface area contributed by atoms with Crippen molar-refractivity contribution in [2.75, 3.05) is 10.6 Å². The van der Waals surface area contributed by atoms with Crippen LogP contribution in [0.2, 0.25) is 0 Å². The molecule has 0 spiro atoms. The molecule has 1 amide bonds. The molecular weight excluding hydrogens is 296 g/mol. The highest BCUT2D eigenvalue weighted by molar-refractivity contribution is 6.02. The highest BCUT2D eigenvalue weighted by Crippen LogP contribution is 2.09. The van der Waals surface area contributed by atoms with Gasteiger partial charge in [0.05, 0.1) is 12.4 Å². The van der Waals surface area contributed by atoms with Gasteiger partial charge in [0.25, 0.3) is 5.91 Å². The van der Waals surface area contributed by atoms with Gasteiger partial charge in [0, 0.05) is 25.0 Å². The van der Waals surface area contributed by atoms with Crippen LogP contribution < -0.4 is 10.6 Å². The van der Waals surface area contributed by atoms with Gasteiger partial charge in [-0.1, -0.05) is 5.16 Å². The van der Waals surface area contributed by atoms with Gasteiger partial charge in [-0.25, -0.2) is 9.97 Å². The maximum atomic E-state index is 12.0. The van der Waals surface area contributed by atoms with Crippen LogP contribution in [0.1, 0.15) is 21.8 Å². The molecule has 3 aromatic rings. The lowest BCUT2D eigenvalue weighted by atomic mass is 10.3. The molecule has 0 radical (unpaired) electrons. The van der Waals surface area contributed by atoms with Gasteiger partial charge in [-0.2, -0.15) is 0 Å². The van der Waals surface area contributed by atoms with Crippen LogP contribution >= 0.6 is 0 Å². The van der Waals surface area contributed by atoms with Gasteiger partial charge in [0.1, 0.15) is 17.3 Å². The Hall–Kier alpha value is -3.29. The van der Waals surface area contributed by atoms with Crippen molar-refractivity contribution in [1.29, 1.82) is 0 Å². The molecule has 3 aromatic heterocycles. The van der Waals surface area contributed by atoms with Gasteiger partial charge in [-0.15, -0.1) is 0 Å². The first-order valence-corrected chi connectivity index (χ1v) is 6.90. The topological polar surface area (TPSA) is 106 Å². The van der Waals surface area contributed by atoms with Crippen LogP contribution in [0, 0.1) is 6.92 Å². The van der Waals surface area contributed by atoms with E-state index in [2.05, 4.69) is 30.7 Å². The van der Waals surface area contributed by atoms with Gasteiger partial charge in [0.15, 0.2) is 5.82 Å².